The Balaban J connectivity index is 2.87. The highest BCUT2D eigenvalue weighted by atomic mass is 16.5. The molecule has 7 heteroatoms. The Hall–Kier alpha value is -2.83. The molecule has 0 spiro atoms. The smallest absolute Gasteiger partial charge is 0.326 e. The van der Waals surface area contributed by atoms with Crippen LogP contribution in [0.15, 0.2) is 36.9 Å². The van der Waals surface area contributed by atoms with Crippen molar-refractivity contribution < 1.29 is 24.2 Å². The molecule has 0 aliphatic heterocycles. The summed E-state index contributed by atoms with van der Waals surface area (Å²) in [6.07, 6.45) is 1.61. The zero-order chi connectivity index (χ0) is 18.1. The molecule has 1 rings (SSSR count). The molecular weight excluding hydrogens is 312 g/mol. The van der Waals surface area contributed by atoms with Gasteiger partial charge in [0.1, 0.15) is 18.4 Å². The van der Waals surface area contributed by atoms with E-state index in [0.29, 0.717) is 17.9 Å². The van der Waals surface area contributed by atoms with Crippen molar-refractivity contribution in [2.75, 3.05) is 19.7 Å². The van der Waals surface area contributed by atoms with Crippen molar-refractivity contribution in [3.05, 3.63) is 42.5 Å². The number of amides is 2. The van der Waals surface area contributed by atoms with Gasteiger partial charge in [0, 0.05) is 25.6 Å². The summed E-state index contributed by atoms with van der Waals surface area (Å²) in [6, 6.07) is 5.40. The first-order valence-electron chi connectivity index (χ1n) is 7.48. The number of rotatable bonds is 9. The van der Waals surface area contributed by atoms with E-state index in [4.69, 9.17) is 4.74 Å². The van der Waals surface area contributed by atoms with Gasteiger partial charge in [-0.05, 0) is 31.2 Å². The van der Waals surface area contributed by atoms with Gasteiger partial charge in [-0.2, -0.15) is 0 Å². The van der Waals surface area contributed by atoms with E-state index in [0.717, 1.165) is 0 Å². The molecule has 2 N–H and O–H groups in total. The first-order valence-corrected chi connectivity index (χ1v) is 7.48. The number of carbonyl (C=O) groups is 3. The van der Waals surface area contributed by atoms with Crippen molar-refractivity contribution in [1.82, 2.24) is 10.2 Å². The van der Waals surface area contributed by atoms with E-state index < -0.39 is 17.9 Å². The number of ether oxygens (including phenoxy) is 1. The van der Waals surface area contributed by atoms with Gasteiger partial charge < -0.3 is 20.1 Å². The molecule has 24 heavy (non-hydrogen) atoms. The third-order valence-corrected chi connectivity index (χ3v) is 3.28. The minimum absolute atomic E-state index is 0.0978. The van der Waals surface area contributed by atoms with Gasteiger partial charge in [-0.25, -0.2) is 4.79 Å². The minimum Gasteiger partial charge on any atom is -0.490 e. The van der Waals surface area contributed by atoms with E-state index in [-0.39, 0.29) is 19.0 Å². The lowest BCUT2D eigenvalue weighted by atomic mass is 10.1. The van der Waals surface area contributed by atoms with Crippen LogP contribution in [0.25, 0.3) is 0 Å². The van der Waals surface area contributed by atoms with Gasteiger partial charge in [0.05, 0.1) is 0 Å². The summed E-state index contributed by atoms with van der Waals surface area (Å²) in [4.78, 5) is 36.0. The maximum absolute atomic E-state index is 12.6. The van der Waals surface area contributed by atoms with E-state index in [9.17, 15) is 19.5 Å². The molecular formula is C17H22N2O5. The van der Waals surface area contributed by atoms with Gasteiger partial charge in [-0.1, -0.05) is 12.7 Å². The highest BCUT2D eigenvalue weighted by Crippen LogP contribution is 2.15. The molecule has 0 saturated carbocycles. The minimum atomic E-state index is -1.11. The van der Waals surface area contributed by atoms with Crippen molar-refractivity contribution >= 4 is 17.8 Å². The molecule has 2 amide bonds. The number of carboxylic acid groups (broad SMARTS) is 1. The van der Waals surface area contributed by atoms with E-state index >= 15 is 0 Å². The maximum atomic E-state index is 12.6. The number of carbonyl (C=O) groups excluding carboxylic acids is 2. The van der Waals surface area contributed by atoms with Crippen molar-refractivity contribution in [3.63, 3.8) is 0 Å². The van der Waals surface area contributed by atoms with Crippen LogP contribution < -0.4 is 10.1 Å². The van der Waals surface area contributed by atoms with Crippen LogP contribution in [0.3, 0.4) is 0 Å². The summed E-state index contributed by atoms with van der Waals surface area (Å²) in [5.74, 6) is -1.20. The summed E-state index contributed by atoms with van der Waals surface area (Å²) in [7, 11) is 0. The molecule has 7 nitrogen and oxygen atoms in total. The Morgan fingerprint density at radius 1 is 1.33 bits per heavy atom. The van der Waals surface area contributed by atoms with Crippen LogP contribution in [0.5, 0.6) is 5.75 Å². The lowest BCUT2D eigenvalue weighted by molar-refractivity contribution is -0.141. The molecule has 1 aromatic carbocycles. The van der Waals surface area contributed by atoms with Crippen LogP contribution >= 0.6 is 0 Å². The number of nitrogens with zero attached hydrogens (tertiary/aromatic N) is 1. The average Bonchev–Trinajstić information content (AvgIpc) is 2.56. The molecule has 0 bridgehead atoms. The fraction of sp³-hybridized carbons (Fsp3) is 0.353. The predicted molar refractivity (Wildman–Crippen MR) is 89.0 cm³/mol. The normalized spacial score (nSPS) is 11.2. The fourth-order valence-electron chi connectivity index (χ4n) is 1.97. The number of benzene rings is 1. The van der Waals surface area contributed by atoms with E-state index in [2.05, 4.69) is 11.9 Å². The molecule has 1 atom stereocenters. The van der Waals surface area contributed by atoms with Gasteiger partial charge in [-0.3, -0.25) is 9.59 Å². The van der Waals surface area contributed by atoms with E-state index in [1.165, 1.54) is 18.7 Å². The Kier molecular flexibility index (Phi) is 7.48. The van der Waals surface area contributed by atoms with Gasteiger partial charge in [0.2, 0.25) is 5.91 Å². The third kappa shape index (κ3) is 5.75. The predicted octanol–water partition coefficient (Wildman–Crippen LogP) is 1.30. The van der Waals surface area contributed by atoms with Crippen LogP contribution in [0, 0.1) is 0 Å². The second kappa shape index (κ2) is 9.34. The lowest BCUT2D eigenvalue weighted by Gasteiger charge is -2.26. The van der Waals surface area contributed by atoms with Crippen LogP contribution in [0.4, 0.5) is 0 Å². The first-order chi connectivity index (χ1) is 11.4. The molecule has 0 fully saturated rings. The number of hydrogen-bond donors (Lipinski definition) is 2. The Morgan fingerprint density at radius 2 is 1.96 bits per heavy atom. The topological polar surface area (TPSA) is 95.9 Å². The SMILES string of the molecule is C=CCOc1ccc(C(=O)N(CCNC(C)=O)C(C)C(=O)O)cc1. The first kappa shape index (κ1) is 19.2. The third-order valence-electron chi connectivity index (χ3n) is 3.28. The number of nitrogens with one attached hydrogen (secondary N) is 1. The summed E-state index contributed by atoms with van der Waals surface area (Å²) >= 11 is 0. The number of hydrogen-bond acceptors (Lipinski definition) is 4. The Labute approximate surface area is 140 Å². The Morgan fingerprint density at radius 3 is 2.46 bits per heavy atom. The van der Waals surface area contributed by atoms with Crippen LogP contribution in [0.1, 0.15) is 24.2 Å². The van der Waals surface area contributed by atoms with Crippen LogP contribution in [-0.4, -0.2) is 53.5 Å². The summed E-state index contributed by atoms with van der Waals surface area (Å²) in [5, 5.41) is 11.7. The van der Waals surface area contributed by atoms with Crippen molar-refractivity contribution in [2.45, 2.75) is 19.9 Å². The van der Waals surface area contributed by atoms with E-state index in [1.807, 2.05) is 0 Å². The van der Waals surface area contributed by atoms with Gasteiger partial charge in [0.15, 0.2) is 0 Å². The van der Waals surface area contributed by atoms with Gasteiger partial charge in [0.25, 0.3) is 5.91 Å². The molecule has 0 radical (unpaired) electrons. The molecule has 0 aromatic heterocycles. The van der Waals surface area contributed by atoms with E-state index in [1.54, 1.807) is 30.3 Å². The summed E-state index contributed by atoms with van der Waals surface area (Å²) in [5.41, 5.74) is 0.344. The molecule has 0 aliphatic rings. The second-order valence-corrected chi connectivity index (χ2v) is 5.12. The molecule has 1 unspecified atom stereocenters. The van der Waals surface area contributed by atoms with Gasteiger partial charge >= 0.3 is 5.97 Å². The maximum Gasteiger partial charge on any atom is 0.326 e. The average molecular weight is 334 g/mol. The van der Waals surface area contributed by atoms with Crippen molar-refractivity contribution in [1.29, 1.82) is 0 Å². The lowest BCUT2D eigenvalue weighted by Crippen LogP contribution is -2.46. The zero-order valence-corrected chi connectivity index (χ0v) is 13.8. The Bertz CT molecular complexity index is 598. The largest absolute Gasteiger partial charge is 0.490 e. The molecule has 0 aliphatic carbocycles. The molecule has 0 saturated heterocycles. The van der Waals surface area contributed by atoms with Crippen molar-refractivity contribution in [3.8, 4) is 5.75 Å². The number of aliphatic carboxylic acids is 1. The van der Waals surface area contributed by atoms with Gasteiger partial charge in [-0.15, -0.1) is 0 Å². The monoisotopic (exact) mass is 334 g/mol. The molecule has 1 aromatic rings. The summed E-state index contributed by atoms with van der Waals surface area (Å²) < 4.78 is 5.34. The molecule has 0 heterocycles. The summed E-state index contributed by atoms with van der Waals surface area (Å²) in [6.45, 7) is 6.96. The fourth-order valence-corrected chi connectivity index (χ4v) is 1.97. The highest BCUT2D eigenvalue weighted by molar-refractivity contribution is 5.96. The van der Waals surface area contributed by atoms with Crippen LogP contribution in [0.2, 0.25) is 0 Å². The van der Waals surface area contributed by atoms with Crippen molar-refractivity contribution in [2.24, 2.45) is 0 Å². The zero-order valence-electron chi connectivity index (χ0n) is 13.8. The number of carboxylic acids is 1. The standard InChI is InChI=1S/C17H22N2O5/c1-4-11-24-15-7-5-14(6-8-15)16(21)19(12(2)17(22)23)10-9-18-13(3)20/h4-8,12H,1,9-11H2,2-3H3,(H,18,20)(H,22,23). The highest BCUT2D eigenvalue weighted by Gasteiger charge is 2.26. The molecule has 130 valence electrons. The van der Waals surface area contributed by atoms with Crippen LogP contribution in [-0.2, 0) is 9.59 Å². The quantitative estimate of drug-likeness (QED) is 0.664. The second-order valence-electron chi connectivity index (χ2n) is 5.12.